The number of nitrogens with one attached hydrogen (secondary N) is 1. The predicted molar refractivity (Wildman–Crippen MR) is 63.7 cm³/mol. The maximum Gasteiger partial charge on any atom is 0.311 e. The van der Waals surface area contributed by atoms with Crippen LogP contribution >= 0.6 is 0 Å². The average Bonchev–Trinajstić information content (AvgIpc) is 2.57. The number of aliphatic carboxylic acids is 1. The second-order valence-electron chi connectivity index (χ2n) is 4.01. The Bertz CT molecular complexity index is 528. The molecule has 2 rings (SSSR count). The molecule has 0 saturated heterocycles. The highest BCUT2D eigenvalue weighted by molar-refractivity contribution is 5.90. The van der Waals surface area contributed by atoms with E-state index in [4.69, 9.17) is 0 Å². The first-order chi connectivity index (χ1) is 7.65. The summed E-state index contributed by atoms with van der Waals surface area (Å²) in [5.41, 5.74) is 2.88. The van der Waals surface area contributed by atoms with Gasteiger partial charge in [-0.25, -0.2) is 0 Å². The number of para-hydroxylation sites is 1. The Kier molecular flexibility index (Phi) is 2.69. The predicted octanol–water partition coefficient (Wildman–Crippen LogP) is 3.05. The number of hydrogen-bond acceptors (Lipinski definition) is 1. The summed E-state index contributed by atoms with van der Waals surface area (Å²) in [6.07, 6.45) is 0.609. The molecule has 3 nitrogen and oxygen atoms in total. The number of carboxylic acid groups (broad SMARTS) is 1. The van der Waals surface area contributed by atoms with Gasteiger partial charge in [0.25, 0.3) is 0 Å². The highest BCUT2D eigenvalue weighted by atomic mass is 16.4. The minimum absolute atomic E-state index is 0.420. The molecule has 1 atom stereocenters. The number of carboxylic acids is 1. The highest BCUT2D eigenvalue weighted by Gasteiger charge is 2.23. The summed E-state index contributed by atoms with van der Waals surface area (Å²) in [5, 5.41) is 10.2. The van der Waals surface area contributed by atoms with Gasteiger partial charge in [-0.3, -0.25) is 4.79 Å². The van der Waals surface area contributed by atoms with Gasteiger partial charge in [0.1, 0.15) is 0 Å². The maximum absolute atomic E-state index is 11.2. The van der Waals surface area contributed by atoms with Crippen LogP contribution in [0.2, 0.25) is 0 Å². The van der Waals surface area contributed by atoms with Gasteiger partial charge in [-0.15, -0.1) is 0 Å². The fourth-order valence-electron chi connectivity index (χ4n) is 2.25. The molecule has 0 spiro atoms. The minimum atomic E-state index is -0.754. The molecule has 3 heteroatoms. The van der Waals surface area contributed by atoms with Crippen molar-refractivity contribution in [3.05, 3.63) is 35.5 Å². The zero-order chi connectivity index (χ0) is 11.7. The quantitative estimate of drug-likeness (QED) is 0.830. The van der Waals surface area contributed by atoms with Gasteiger partial charge < -0.3 is 10.1 Å². The molecule has 84 valence electrons. The van der Waals surface area contributed by atoms with Gasteiger partial charge in [0, 0.05) is 16.6 Å². The number of fused-ring (bicyclic) bond motifs is 1. The molecular formula is C13H15NO2. The van der Waals surface area contributed by atoms with Gasteiger partial charge >= 0.3 is 5.97 Å². The summed E-state index contributed by atoms with van der Waals surface area (Å²) < 4.78 is 0. The fraction of sp³-hybridized carbons (Fsp3) is 0.308. The van der Waals surface area contributed by atoms with E-state index >= 15 is 0 Å². The van der Waals surface area contributed by atoms with E-state index in [9.17, 15) is 9.90 Å². The average molecular weight is 217 g/mol. The Morgan fingerprint density at radius 3 is 2.75 bits per heavy atom. The molecule has 2 N–H and O–H groups in total. The van der Waals surface area contributed by atoms with Crippen molar-refractivity contribution in [2.45, 2.75) is 26.2 Å². The van der Waals surface area contributed by atoms with Crippen LogP contribution in [0.3, 0.4) is 0 Å². The molecule has 0 aliphatic carbocycles. The van der Waals surface area contributed by atoms with Crippen molar-refractivity contribution in [1.82, 2.24) is 4.98 Å². The molecular weight excluding hydrogens is 202 g/mol. The Balaban J connectivity index is 2.66. The van der Waals surface area contributed by atoms with Crippen LogP contribution in [0.15, 0.2) is 24.3 Å². The molecule has 0 radical (unpaired) electrons. The van der Waals surface area contributed by atoms with Crippen LogP contribution < -0.4 is 0 Å². The van der Waals surface area contributed by atoms with Crippen LogP contribution in [0.1, 0.15) is 30.5 Å². The number of carbonyl (C=O) groups is 1. The van der Waals surface area contributed by atoms with E-state index in [0.29, 0.717) is 6.42 Å². The van der Waals surface area contributed by atoms with Crippen molar-refractivity contribution in [1.29, 1.82) is 0 Å². The van der Waals surface area contributed by atoms with E-state index in [2.05, 4.69) is 4.98 Å². The molecule has 1 heterocycles. The number of rotatable bonds is 3. The van der Waals surface area contributed by atoms with Crippen LogP contribution in [0.5, 0.6) is 0 Å². The molecule has 1 aromatic heterocycles. The van der Waals surface area contributed by atoms with E-state index in [-0.39, 0.29) is 0 Å². The van der Waals surface area contributed by atoms with E-state index in [1.54, 1.807) is 0 Å². The van der Waals surface area contributed by atoms with Gasteiger partial charge in [-0.2, -0.15) is 0 Å². The second kappa shape index (κ2) is 4.00. The number of aromatic nitrogens is 1. The third-order valence-electron chi connectivity index (χ3n) is 3.00. The van der Waals surface area contributed by atoms with Crippen molar-refractivity contribution in [3.63, 3.8) is 0 Å². The molecule has 1 unspecified atom stereocenters. The topological polar surface area (TPSA) is 53.1 Å². The lowest BCUT2D eigenvalue weighted by molar-refractivity contribution is -0.138. The molecule has 1 aromatic carbocycles. The van der Waals surface area contributed by atoms with Crippen molar-refractivity contribution < 1.29 is 9.90 Å². The van der Waals surface area contributed by atoms with Crippen molar-refractivity contribution >= 4 is 16.9 Å². The number of hydrogen-bond donors (Lipinski definition) is 2. The largest absolute Gasteiger partial charge is 0.481 e. The first kappa shape index (κ1) is 10.7. The Labute approximate surface area is 94.1 Å². The molecule has 0 bridgehead atoms. The van der Waals surface area contributed by atoms with Gasteiger partial charge in [0.2, 0.25) is 0 Å². The SMILES string of the molecule is CCC(C(=O)O)c1c(C)[nH]c2ccccc12. The molecule has 0 fully saturated rings. The van der Waals surface area contributed by atoms with Crippen LogP contribution in [0.25, 0.3) is 10.9 Å². The molecule has 0 saturated carbocycles. The summed E-state index contributed by atoms with van der Waals surface area (Å²) in [6, 6.07) is 7.83. The van der Waals surface area contributed by atoms with E-state index in [0.717, 1.165) is 22.2 Å². The summed E-state index contributed by atoms with van der Waals surface area (Å²) in [5.74, 6) is -1.17. The lowest BCUT2D eigenvalue weighted by Gasteiger charge is -2.10. The Morgan fingerprint density at radius 1 is 1.44 bits per heavy atom. The van der Waals surface area contributed by atoms with Gasteiger partial charge in [0.15, 0.2) is 0 Å². The molecule has 0 aliphatic rings. The van der Waals surface area contributed by atoms with Crippen LogP contribution in [-0.4, -0.2) is 16.1 Å². The molecule has 2 aromatic rings. The third-order valence-corrected chi connectivity index (χ3v) is 3.00. The van der Waals surface area contributed by atoms with Crippen molar-refractivity contribution in [2.24, 2.45) is 0 Å². The smallest absolute Gasteiger partial charge is 0.311 e. The van der Waals surface area contributed by atoms with Crippen molar-refractivity contribution in [3.8, 4) is 0 Å². The minimum Gasteiger partial charge on any atom is -0.481 e. The van der Waals surface area contributed by atoms with Gasteiger partial charge in [0.05, 0.1) is 5.92 Å². The molecule has 16 heavy (non-hydrogen) atoms. The highest BCUT2D eigenvalue weighted by Crippen LogP contribution is 2.31. The summed E-state index contributed by atoms with van der Waals surface area (Å²) in [7, 11) is 0. The first-order valence-corrected chi connectivity index (χ1v) is 5.45. The van der Waals surface area contributed by atoms with Crippen LogP contribution in [-0.2, 0) is 4.79 Å². The van der Waals surface area contributed by atoms with Crippen LogP contribution in [0.4, 0.5) is 0 Å². The van der Waals surface area contributed by atoms with Crippen LogP contribution in [0, 0.1) is 6.92 Å². The maximum atomic E-state index is 11.2. The zero-order valence-corrected chi connectivity index (χ0v) is 9.45. The van der Waals surface area contributed by atoms with E-state index in [1.807, 2.05) is 38.1 Å². The second-order valence-corrected chi connectivity index (χ2v) is 4.01. The zero-order valence-electron chi connectivity index (χ0n) is 9.45. The number of aryl methyl sites for hydroxylation is 1. The third kappa shape index (κ3) is 1.58. The van der Waals surface area contributed by atoms with Gasteiger partial charge in [-0.1, -0.05) is 25.1 Å². The Morgan fingerprint density at radius 2 is 2.12 bits per heavy atom. The number of benzene rings is 1. The summed E-state index contributed by atoms with van der Waals surface area (Å²) in [4.78, 5) is 14.4. The standard InChI is InChI=1S/C13H15NO2/c1-3-9(13(15)16)12-8(2)14-11-7-5-4-6-10(11)12/h4-7,9,14H,3H2,1-2H3,(H,15,16). The summed E-state index contributed by atoms with van der Waals surface area (Å²) in [6.45, 7) is 3.83. The number of aromatic amines is 1. The summed E-state index contributed by atoms with van der Waals surface area (Å²) >= 11 is 0. The monoisotopic (exact) mass is 217 g/mol. The first-order valence-electron chi connectivity index (χ1n) is 5.45. The van der Waals surface area contributed by atoms with E-state index in [1.165, 1.54) is 0 Å². The molecule has 0 aliphatic heterocycles. The van der Waals surface area contributed by atoms with E-state index < -0.39 is 11.9 Å². The fourth-order valence-corrected chi connectivity index (χ4v) is 2.25. The van der Waals surface area contributed by atoms with Gasteiger partial charge in [-0.05, 0) is 25.0 Å². The normalized spacial score (nSPS) is 12.9. The lowest BCUT2D eigenvalue weighted by Crippen LogP contribution is -2.11. The van der Waals surface area contributed by atoms with Crippen molar-refractivity contribution in [2.75, 3.05) is 0 Å². The lowest BCUT2D eigenvalue weighted by atomic mass is 9.94. The Hall–Kier alpha value is -1.77. The molecule has 0 amide bonds. The number of H-pyrrole nitrogens is 1.